The number of phenolic OH excluding ortho intramolecular Hbond substituents is 1. The molecule has 2 aromatic carbocycles. The third-order valence-electron chi connectivity index (χ3n) is 2.76. The molecule has 0 aliphatic carbocycles. The van der Waals surface area contributed by atoms with Crippen molar-refractivity contribution >= 4 is 28.4 Å². The Bertz CT molecular complexity index is 766. The summed E-state index contributed by atoms with van der Waals surface area (Å²) in [6.07, 6.45) is 0. The van der Waals surface area contributed by atoms with Crippen molar-refractivity contribution in [1.29, 1.82) is 0 Å². The fraction of sp³-hybridized carbons (Fsp3) is 0. The summed E-state index contributed by atoms with van der Waals surface area (Å²) in [5.74, 6) is -3.74. The average Bonchev–Trinajstić information content (AvgIpc) is 2.35. The number of hydrogen-bond donors (Lipinski definition) is 3. The lowest BCUT2D eigenvalue weighted by Crippen LogP contribution is -2.05. The maximum atomic E-state index is 11.1. The van der Waals surface area contributed by atoms with Crippen LogP contribution >= 0.6 is 0 Å². The molecule has 3 N–H and O–H groups in total. The molecule has 0 radical (unpaired) electrons. The summed E-state index contributed by atoms with van der Waals surface area (Å²) in [6.45, 7) is 0. The van der Waals surface area contributed by atoms with Crippen LogP contribution in [0.25, 0.3) is 10.8 Å². The molecule has 0 amide bonds. The first kappa shape index (κ1) is 13.3. The first-order valence-corrected chi connectivity index (χ1v) is 5.24. The average molecular weight is 277 g/mol. The highest BCUT2D eigenvalue weighted by Gasteiger charge is 2.26. The summed E-state index contributed by atoms with van der Waals surface area (Å²) >= 11 is 0. The van der Waals surface area contributed by atoms with Crippen LogP contribution in [0.4, 0.5) is 5.69 Å². The van der Waals surface area contributed by atoms with E-state index in [1.54, 1.807) is 0 Å². The van der Waals surface area contributed by atoms with E-state index in [4.69, 9.17) is 10.2 Å². The van der Waals surface area contributed by atoms with E-state index in [0.29, 0.717) is 6.07 Å². The van der Waals surface area contributed by atoms with Crippen molar-refractivity contribution in [3.63, 3.8) is 0 Å². The van der Waals surface area contributed by atoms with Crippen LogP contribution in [0.15, 0.2) is 24.3 Å². The Labute approximate surface area is 110 Å². The quantitative estimate of drug-likeness (QED) is 0.574. The molecule has 8 nitrogen and oxygen atoms in total. The molecule has 0 heterocycles. The molecule has 102 valence electrons. The summed E-state index contributed by atoms with van der Waals surface area (Å²) in [7, 11) is 0. The van der Waals surface area contributed by atoms with Crippen LogP contribution in [0.1, 0.15) is 20.7 Å². The number of aromatic hydroxyl groups is 1. The molecule has 2 aromatic rings. The number of carbonyl (C=O) groups is 2. The fourth-order valence-electron chi connectivity index (χ4n) is 1.99. The SMILES string of the molecule is O=C(O)c1cccc2c([N+](=O)[O-])c(O)cc(C(=O)O)c12. The van der Waals surface area contributed by atoms with Gasteiger partial charge < -0.3 is 15.3 Å². The highest BCUT2D eigenvalue weighted by molar-refractivity contribution is 6.15. The lowest BCUT2D eigenvalue weighted by Gasteiger charge is -2.08. The van der Waals surface area contributed by atoms with Gasteiger partial charge in [0, 0.05) is 11.5 Å². The lowest BCUT2D eigenvalue weighted by molar-refractivity contribution is -0.384. The molecule has 0 saturated heterocycles. The van der Waals surface area contributed by atoms with Crippen LogP contribution in [0.3, 0.4) is 0 Å². The molecule has 0 spiro atoms. The van der Waals surface area contributed by atoms with Crippen molar-refractivity contribution in [3.8, 4) is 5.75 Å². The molecule has 0 aromatic heterocycles. The first-order valence-electron chi connectivity index (χ1n) is 5.24. The van der Waals surface area contributed by atoms with Gasteiger partial charge in [0.1, 0.15) is 0 Å². The Balaban J connectivity index is 3.09. The third kappa shape index (κ3) is 1.88. The Morgan fingerprint density at radius 1 is 1.10 bits per heavy atom. The van der Waals surface area contributed by atoms with E-state index in [-0.39, 0.29) is 16.3 Å². The van der Waals surface area contributed by atoms with Gasteiger partial charge in [0.15, 0.2) is 5.75 Å². The molecule has 2 rings (SSSR count). The van der Waals surface area contributed by atoms with Crippen LogP contribution in [-0.4, -0.2) is 32.2 Å². The second-order valence-electron chi connectivity index (χ2n) is 3.89. The molecule has 0 atom stereocenters. The molecular formula is C12H7NO7. The van der Waals surface area contributed by atoms with Crippen molar-refractivity contribution in [2.45, 2.75) is 0 Å². The molecular weight excluding hydrogens is 270 g/mol. The zero-order valence-corrected chi connectivity index (χ0v) is 9.73. The van der Waals surface area contributed by atoms with Crippen LogP contribution < -0.4 is 0 Å². The Morgan fingerprint density at radius 2 is 1.70 bits per heavy atom. The van der Waals surface area contributed by atoms with E-state index in [0.717, 1.165) is 6.07 Å². The van der Waals surface area contributed by atoms with E-state index in [1.165, 1.54) is 12.1 Å². The van der Waals surface area contributed by atoms with Gasteiger partial charge in [0.25, 0.3) is 0 Å². The molecule has 0 aliphatic rings. The van der Waals surface area contributed by atoms with Gasteiger partial charge in [-0.1, -0.05) is 6.07 Å². The number of nitro benzene ring substituents is 1. The standard InChI is InChI=1S/C12H7NO7/c14-8-4-7(12(17)18)9-5(10(8)13(19)20)2-1-3-6(9)11(15)16/h1-4,14H,(H,15,16)(H,17,18). The second-order valence-corrected chi connectivity index (χ2v) is 3.89. The highest BCUT2D eigenvalue weighted by atomic mass is 16.6. The van der Waals surface area contributed by atoms with Gasteiger partial charge in [-0.2, -0.15) is 0 Å². The highest BCUT2D eigenvalue weighted by Crippen LogP contribution is 2.38. The van der Waals surface area contributed by atoms with Gasteiger partial charge in [-0.15, -0.1) is 0 Å². The maximum absolute atomic E-state index is 11.1. The van der Waals surface area contributed by atoms with Gasteiger partial charge in [0.2, 0.25) is 0 Å². The van der Waals surface area contributed by atoms with E-state index in [2.05, 4.69) is 0 Å². The van der Waals surface area contributed by atoms with Crippen LogP contribution in [0.5, 0.6) is 5.75 Å². The second kappa shape index (κ2) is 4.50. The number of fused-ring (bicyclic) bond motifs is 1. The van der Waals surface area contributed by atoms with Crippen molar-refractivity contribution in [1.82, 2.24) is 0 Å². The Kier molecular flexibility index (Phi) is 2.99. The number of hydrogen-bond acceptors (Lipinski definition) is 5. The zero-order chi connectivity index (χ0) is 15.0. The lowest BCUT2D eigenvalue weighted by atomic mass is 9.97. The zero-order valence-electron chi connectivity index (χ0n) is 9.73. The van der Waals surface area contributed by atoms with E-state index < -0.39 is 33.9 Å². The number of carboxylic acid groups (broad SMARTS) is 2. The topological polar surface area (TPSA) is 138 Å². The van der Waals surface area contributed by atoms with Crippen molar-refractivity contribution < 1.29 is 29.8 Å². The predicted octanol–water partition coefficient (Wildman–Crippen LogP) is 1.85. The summed E-state index contributed by atoms with van der Waals surface area (Å²) in [4.78, 5) is 32.3. The number of phenols is 1. The summed E-state index contributed by atoms with van der Waals surface area (Å²) in [5, 5.41) is 38.1. The number of carboxylic acids is 2. The third-order valence-corrected chi connectivity index (χ3v) is 2.76. The van der Waals surface area contributed by atoms with Gasteiger partial charge in [-0.05, 0) is 12.1 Å². The largest absolute Gasteiger partial charge is 0.502 e. The Morgan fingerprint density at radius 3 is 2.20 bits per heavy atom. The molecule has 0 unspecified atom stereocenters. The van der Waals surface area contributed by atoms with E-state index in [9.17, 15) is 24.8 Å². The van der Waals surface area contributed by atoms with Crippen molar-refractivity contribution in [2.24, 2.45) is 0 Å². The normalized spacial score (nSPS) is 10.4. The van der Waals surface area contributed by atoms with E-state index in [1.807, 2.05) is 0 Å². The van der Waals surface area contributed by atoms with Crippen LogP contribution in [-0.2, 0) is 0 Å². The van der Waals surface area contributed by atoms with Gasteiger partial charge in [0.05, 0.1) is 21.4 Å². The number of aromatic carboxylic acids is 2. The minimum atomic E-state index is -1.49. The van der Waals surface area contributed by atoms with Gasteiger partial charge in [-0.25, -0.2) is 9.59 Å². The molecule has 0 saturated carbocycles. The van der Waals surface area contributed by atoms with Gasteiger partial charge in [-0.3, -0.25) is 10.1 Å². The van der Waals surface area contributed by atoms with Gasteiger partial charge >= 0.3 is 17.6 Å². The van der Waals surface area contributed by atoms with E-state index >= 15 is 0 Å². The minimum absolute atomic E-state index is 0.243. The van der Waals surface area contributed by atoms with Crippen LogP contribution in [0, 0.1) is 10.1 Å². The number of nitro groups is 1. The minimum Gasteiger partial charge on any atom is -0.502 e. The monoisotopic (exact) mass is 277 g/mol. The molecule has 0 bridgehead atoms. The summed E-state index contributed by atoms with van der Waals surface area (Å²) in [6, 6.07) is 4.24. The maximum Gasteiger partial charge on any atom is 0.336 e. The number of benzene rings is 2. The molecule has 0 fully saturated rings. The molecule has 8 heteroatoms. The smallest absolute Gasteiger partial charge is 0.336 e. The van der Waals surface area contributed by atoms with Crippen molar-refractivity contribution in [2.75, 3.05) is 0 Å². The predicted molar refractivity (Wildman–Crippen MR) is 66.2 cm³/mol. The molecule has 0 aliphatic heterocycles. The molecule has 20 heavy (non-hydrogen) atoms. The first-order chi connectivity index (χ1) is 9.34. The number of rotatable bonds is 3. The summed E-state index contributed by atoms with van der Waals surface area (Å²) < 4.78 is 0. The summed E-state index contributed by atoms with van der Waals surface area (Å²) in [5.41, 5.74) is -1.63. The number of nitrogens with zero attached hydrogens (tertiary/aromatic N) is 1. The van der Waals surface area contributed by atoms with Crippen molar-refractivity contribution in [3.05, 3.63) is 45.5 Å². The Hall–Kier alpha value is -3.16. The fourth-order valence-corrected chi connectivity index (χ4v) is 1.99. The van der Waals surface area contributed by atoms with Crippen LogP contribution in [0.2, 0.25) is 0 Å².